The van der Waals surface area contributed by atoms with E-state index in [1.165, 1.54) is 0 Å². The van der Waals surface area contributed by atoms with Crippen molar-refractivity contribution in [3.8, 4) is 5.75 Å². The molecule has 0 unspecified atom stereocenters. The highest BCUT2D eigenvalue weighted by Gasteiger charge is 2.18. The van der Waals surface area contributed by atoms with Crippen molar-refractivity contribution in [2.75, 3.05) is 11.3 Å². The van der Waals surface area contributed by atoms with Gasteiger partial charge in [0.05, 0.1) is 12.3 Å². The summed E-state index contributed by atoms with van der Waals surface area (Å²) in [5, 5.41) is 0. The molecule has 0 aliphatic carbocycles. The van der Waals surface area contributed by atoms with Gasteiger partial charge >= 0.3 is 0 Å². The van der Waals surface area contributed by atoms with E-state index < -0.39 is 10.0 Å². The maximum atomic E-state index is 12.3. The number of sulfonamides is 1. The number of hydrogen-bond acceptors (Lipinski definition) is 5. The summed E-state index contributed by atoms with van der Waals surface area (Å²) >= 11 is 1.16. The summed E-state index contributed by atoms with van der Waals surface area (Å²) in [6.45, 7) is 2.64. The van der Waals surface area contributed by atoms with Gasteiger partial charge < -0.3 is 10.5 Å². The summed E-state index contributed by atoms with van der Waals surface area (Å²) in [4.78, 5) is 0.823. The molecule has 2 rings (SSSR count). The number of rotatable bonds is 6. The van der Waals surface area contributed by atoms with Crippen LogP contribution in [0, 0.1) is 0 Å². The zero-order chi connectivity index (χ0) is 14.6. The van der Waals surface area contributed by atoms with E-state index in [2.05, 4.69) is 4.72 Å². The minimum absolute atomic E-state index is 0.240. The Bertz CT molecular complexity index is 680. The highest BCUT2D eigenvalue weighted by Crippen LogP contribution is 2.28. The van der Waals surface area contributed by atoms with Crippen LogP contribution >= 0.6 is 11.3 Å². The molecule has 0 spiro atoms. The van der Waals surface area contributed by atoms with Gasteiger partial charge in [0.2, 0.25) is 0 Å². The molecule has 1 aromatic heterocycles. The minimum Gasteiger partial charge on any atom is -0.492 e. The first-order valence-corrected chi connectivity index (χ1v) is 8.40. The molecule has 3 N–H and O–H groups in total. The standard InChI is InChI=1S/C13H16N2O3S2/c1-2-18-12-6-4-3-5-11(12)15-20(16,17)13-8-7-10(9-14)19-13/h3-8,15H,2,9,14H2,1H3. The number of thiophene rings is 1. The maximum Gasteiger partial charge on any atom is 0.271 e. The van der Waals surface area contributed by atoms with Crippen molar-refractivity contribution in [3.05, 3.63) is 41.3 Å². The van der Waals surface area contributed by atoms with Crippen LogP contribution in [0.25, 0.3) is 0 Å². The van der Waals surface area contributed by atoms with Crippen molar-refractivity contribution in [1.29, 1.82) is 0 Å². The van der Waals surface area contributed by atoms with Gasteiger partial charge in [-0.15, -0.1) is 11.3 Å². The van der Waals surface area contributed by atoms with E-state index in [0.29, 0.717) is 24.6 Å². The van der Waals surface area contributed by atoms with Crippen LogP contribution in [-0.4, -0.2) is 15.0 Å². The van der Waals surface area contributed by atoms with Crippen LogP contribution < -0.4 is 15.2 Å². The van der Waals surface area contributed by atoms with Gasteiger partial charge in [0, 0.05) is 11.4 Å². The molecule has 0 amide bonds. The average Bonchev–Trinajstić information content (AvgIpc) is 2.91. The molecule has 108 valence electrons. The second kappa shape index (κ2) is 6.25. The molecule has 0 saturated heterocycles. The van der Waals surface area contributed by atoms with E-state index >= 15 is 0 Å². The summed E-state index contributed by atoms with van der Waals surface area (Å²) in [5.41, 5.74) is 5.93. The zero-order valence-electron chi connectivity index (χ0n) is 11.0. The topological polar surface area (TPSA) is 81.4 Å². The van der Waals surface area contributed by atoms with Crippen LogP contribution in [0.3, 0.4) is 0 Å². The molecule has 0 atom stereocenters. The third kappa shape index (κ3) is 3.30. The van der Waals surface area contributed by atoms with Crippen LogP contribution in [0.4, 0.5) is 5.69 Å². The fourth-order valence-corrected chi connectivity index (χ4v) is 3.94. The Kier molecular flexibility index (Phi) is 4.64. The second-order valence-electron chi connectivity index (χ2n) is 3.96. The smallest absolute Gasteiger partial charge is 0.271 e. The van der Waals surface area contributed by atoms with Gasteiger partial charge in [-0.2, -0.15) is 0 Å². The molecule has 1 aromatic carbocycles. The normalized spacial score (nSPS) is 11.3. The summed E-state index contributed by atoms with van der Waals surface area (Å²) in [6, 6.07) is 10.2. The van der Waals surface area contributed by atoms with Crippen molar-refractivity contribution >= 4 is 27.0 Å². The molecule has 0 aliphatic rings. The Balaban J connectivity index is 2.28. The second-order valence-corrected chi connectivity index (χ2v) is 7.04. The molecule has 0 aliphatic heterocycles. The summed E-state index contributed by atoms with van der Waals surface area (Å²) in [6.07, 6.45) is 0. The van der Waals surface area contributed by atoms with E-state index in [-0.39, 0.29) is 4.21 Å². The van der Waals surface area contributed by atoms with Crippen LogP contribution in [0.2, 0.25) is 0 Å². The fourth-order valence-electron chi connectivity index (χ4n) is 1.64. The lowest BCUT2D eigenvalue weighted by Crippen LogP contribution is -2.12. The third-order valence-electron chi connectivity index (χ3n) is 2.53. The van der Waals surface area contributed by atoms with Gasteiger partial charge in [-0.05, 0) is 31.2 Å². The van der Waals surface area contributed by atoms with E-state index in [1.54, 1.807) is 36.4 Å². The number of para-hydroxylation sites is 2. The monoisotopic (exact) mass is 312 g/mol. The Hall–Kier alpha value is -1.57. The minimum atomic E-state index is -3.61. The Labute approximate surface area is 122 Å². The van der Waals surface area contributed by atoms with E-state index in [1.807, 2.05) is 6.92 Å². The van der Waals surface area contributed by atoms with Crippen LogP contribution in [-0.2, 0) is 16.6 Å². The lowest BCUT2D eigenvalue weighted by molar-refractivity contribution is 0.342. The molecular formula is C13H16N2O3S2. The molecule has 2 aromatic rings. The van der Waals surface area contributed by atoms with Crippen molar-refractivity contribution in [2.45, 2.75) is 17.7 Å². The first-order valence-electron chi connectivity index (χ1n) is 6.10. The van der Waals surface area contributed by atoms with Crippen LogP contribution in [0.5, 0.6) is 5.75 Å². The van der Waals surface area contributed by atoms with Gasteiger partial charge in [0.1, 0.15) is 9.96 Å². The molecule has 1 heterocycles. The number of nitrogens with one attached hydrogen (secondary N) is 1. The molecular weight excluding hydrogens is 296 g/mol. The van der Waals surface area contributed by atoms with Crippen molar-refractivity contribution in [3.63, 3.8) is 0 Å². The maximum absolute atomic E-state index is 12.3. The van der Waals surface area contributed by atoms with Gasteiger partial charge in [0.25, 0.3) is 10.0 Å². The zero-order valence-corrected chi connectivity index (χ0v) is 12.6. The molecule has 0 radical (unpaired) electrons. The number of benzene rings is 1. The van der Waals surface area contributed by atoms with Gasteiger partial charge in [-0.25, -0.2) is 8.42 Å². The van der Waals surface area contributed by atoms with Crippen molar-refractivity contribution < 1.29 is 13.2 Å². The number of anilines is 1. The van der Waals surface area contributed by atoms with Crippen LogP contribution in [0.15, 0.2) is 40.6 Å². The quantitative estimate of drug-likeness (QED) is 0.858. The fraction of sp³-hybridized carbons (Fsp3) is 0.231. The van der Waals surface area contributed by atoms with E-state index in [0.717, 1.165) is 16.2 Å². The lowest BCUT2D eigenvalue weighted by Gasteiger charge is -2.11. The Morgan fingerprint density at radius 2 is 2.00 bits per heavy atom. The molecule has 0 bridgehead atoms. The number of nitrogens with two attached hydrogens (primary N) is 1. The van der Waals surface area contributed by atoms with Gasteiger partial charge in [-0.1, -0.05) is 12.1 Å². The van der Waals surface area contributed by atoms with E-state index in [4.69, 9.17) is 10.5 Å². The predicted octanol–water partition coefficient (Wildman–Crippen LogP) is 2.41. The Morgan fingerprint density at radius 1 is 1.25 bits per heavy atom. The predicted molar refractivity (Wildman–Crippen MR) is 80.6 cm³/mol. The number of hydrogen-bond donors (Lipinski definition) is 2. The summed E-state index contributed by atoms with van der Waals surface area (Å²) in [7, 11) is -3.61. The molecule has 0 fully saturated rings. The first kappa shape index (κ1) is 14.8. The van der Waals surface area contributed by atoms with Gasteiger partial charge in [0.15, 0.2) is 0 Å². The molecule has 5 nitrogen and oxygen atoms in total. The highest BCUT2D eigenvalue weighted by molar-refractivity contribution is 7.94. The molecule has 20 heavy (non-hydrogen) atoms. The summed E-state index contributed by atoms with van der Waals surface area (Å²) in [5.74, 6) is 0.508. The number of ether oxygens (including phenoxy) is 1. The third-order valence-corrected chi connectivity index (χ3v) is 5.50. The highest BCUT2D eigenvalue weighted by atomic mass is 32.2. The largest absolute Gasteiger partial charge is 0.492 e. The lowest BCUT2D eigenvalue weighted by atomic mass is 10.3. The molecule has 0 saturated carbocycles. The SMILES string of the molecule is CCOc1ccccc1NS(=O)(=O)c1ccc(CN)s1. The molecule has 7 heteroatoms. The summed E-state index contributed by atoms with van der Waals surface area (Å²) < 4.78 is 32.8. The Morgan fingerprint density at radius 3 is 2.65 bits per heavy atom. The van der Waals surface area contributed by atoms with Crippen molar-refractivity contribution in [2.24, 2.45) is 5.73 Å². The van der Waals surface area contributed by atoms with Gasteiger partial charge in [-0.3, -0.25) is 4.72 Å². The van der Waals surface area contributed by atoms with E-state index in [9.17, 15) is 8.42 Å². The van der Waals surface area contributed by atoms with Crippen molar-refractivity contribution in [1.82, 2.24) is 0 Å². The average molecular weight is 312 g/mol. The van der Waals surface area contributed by atoms with Crippen LogP contribution in [0.1, 0.15) is 11.8 Å². The first-order chi connectivity index (χ1) is 9.56.